The lowest BCUT2D eigenvalue weighted by Crippen LogP contribution is -2.24. The Morgan fingerprint density at radius 2 is 1.86 bits per heavy atom. The van der Waals surface area contributed by atoms with Crippen molar-refractivity contribution in [2.75, 3.05) is 13.2 Å². The summed E-state index contributed by atoms with van der Waals surface area (Å²) in [5.74, 6) is 0.354. The van der Waals surface area contributed by atoms with Crippen LogP contribution in [-0.2, 0) is 0 Å². The summed E-state index contributed by atoms with van der Waals surface area (Å²) in [6, 6.07) is 12.3. The first-order valence-electron chi connectivity index (χ1n) is 6.63. The van der Waals surface area contributed by atoms with Gasteiger partial charge < -0.3 is 10.1 Å². The van der Waals surface area contributed by atoms with Gasteiger partial charge in [0.2, 0.25) is 0 Å². The number of para-hydroxylation sites is 1. The molecule has 0 bridgehead atoms. The normalized spacial score (nSPS) is 12.2. The van der Waals surface area contributed by atoms with Gasteiger partial charge in [-0.15, -0.1) is 0 Å². The van der Waals surface area contributed by atoms with Crippen LogP contribution >= 0.6 is 23.2 Å². The van der Waals surface area contributed by atoms with E-state index >= 15 is 0 Å². The van der Waals surface area contributed by atoms with Crippen LogP contribution in [0.1, 0.15) is 18.5 Å². The van der Waals surface area contributed by atoms with Crippen molar-refractivity contribution in [3.05, 3.63) is 63.9 Å². The average Bonchev–Trinajstić information content (AvgIpc) is 2.48. The Balaban J connectivity index is 1.85. The van der Waals surface area contributed by atoms with E-state index in [2.05, 4.69) is 5.32 Å². The fourth-order valence-electron chi connectivity index (χ4n) is 1.94. The first-order valence-corrected chi connectivity index (χ1v) is 7.39. The largest absolute Gasteiger partial charge is 0.492 e. The Morgan fingerprint density at radius 1 is 1.14 bits per heavy atom. The molecular weight excluding hydrogens is 312 g/mol. The van der Waals surface area contributed by atoms with Crippen molar-refractivity contribution in [2.24, 2.45) is 0 Å². The Bertz CT molecular complexity index is 592. The molecule has 0 spiro atoms. The summed E-state index contributed by atoms with van der Waals surface area (Å²) in [6.45, 7) is 3.05. The van der Waals surface area contributed by atoms with Gasteiger partial charge in [0.25, 0.3) is 0 Å². The molecule has 5 heteroatoms. The fourth-order valence-corrected chi connectivity index (χ4v) is 2.49. The van der Waals surface area contributed by atoms with Crippen LogP contribution in [0.4, 0.5) is 4.39 Å². The molecule has 0 aliphatic carbocycles. The predicted octanol–water partition coefficient (Wildman–Crippen LogP) is 4.86. The van der Waals surface area contributed by atoms with Gasteiger partial charge in [0.05, 0.1) is 5.02 Å². The summed E-state index contributed by atoms with van der Waals surface area (Å²) < 4.78 is 19.1. The molecule has 0 aromatic heterocycles. The monoisotopic (exact) mass is 327 g/mol. The van der Waals surface area contributed by atoms with E-state index in [0.717, 1.165) is 5.75 Å². The molecule has 2 aromatic carbocycles. The number of ether oxygens (including phenoxy) is 1. The minimum Gasteiger partial charge on any atom is -0.492 e. The third kappa shape index (κ3) is 4.60. The number of halogens is 3. The molecule has 0 amide bonds. The molecule has 2 nitrogen and oxygen atoms in total. The lowest BCUT2D eigenvalue weighted by Gasteiger charge is -2.16. The molecule has 0 saturated heterocycles. The van der Waals surface area contributed by atoms with Crippen LogP contribution in [0.5, 0.6) is 5.75 Å². The van der Waals surface area contributed by atoms with Gasteiger partial charge in [-0.25, -0.2) is 4.39 Å². The molecule has 0 radical (unpaired) electrons. The van der Waals surface area contributed by atoms with Crippen LogP contribution in [0, 0.1) is 5.82 Å². The van der Waals surface area contributed by atoms with E-state index in [0.29, 0.717) is 23.7 Å². The zero-order valence-electron chi connectivity index (χ0n) is 11.6. The summed E-state index contributed by atoms with van der Waals surface area (Å²) in [5, 5.41) is 3.72. The van der Waals surface area contributed by atoms with Crippen LogP contribution in [0.2, 0.25) is 10.0 Å². The number of rotatable bonds is 6. The summed E-state index contributed by atoms with van der Waals surface area (Å²) in [5.41, 5.74) is 0.679. The number of hydrogen-bond acceptors (Lipinski definition) is 2. The highest BCUT2D eigenvalue weighted by Gasteiger charge is 2.12. The second kappa shape index (κ2) is 7.64. The van der Waals surface area contributed by atoms with Crippen LogP contribution in [-0.4, -0.2) is 13.2 Å². The first kappa shape index (κ1) is 16.1. The topological polar surface area (TPSA) is 21.3 Å². The van der Waals surface area contributed by atoms with E-state index in [1.54, 1.807) is 0 Å². The number of nitrogens with one attached hydrogen (secondary N) is 1. The summed E-state index contributed by atoms with van der Waals surface area (Å²) in [6.07, 6.45) is 0. The van der Waals surface area contributed by atoms with Crippen molar-refractivity contribution in [3.8, 4) is 5.75 Å². The third-order valence-corrected chi connectivity index (χ3v) is 3.69. The second-order valence-corrected chi connectivity index (χ2v) is 5.44. The molecule has 0 fully saturated rings. The van der Waals surface area contributed by atoms with Crippen molar-refractivity contribution >= 4 is 23.2 Å². The highest BCUT2D eigenvalue weighted by atomic mass is 35.5. The Morgan fingerprint density at radius 3 is 2.57 bits per heavy atom. The van der Waals surface area contributed by atoms with E-state index in [9.17, 15) is 4.39 Å². The van der Waals surface area contributed by atoms with Crippen molar-refractivity contribution in [1.29, 1.82) is 0 Å². The quantitative estimate of drug-likeness (QED) is 0.604. The van der Waals surface area contributed by atoms with Gasteiger partial charge >= 0.3 is 0 Å². The molecule has 0 aliphatic heterocycles. The molecule has 1 unspecified atom stereocenters. The zero-order valence-corrected chi connectivity index (χ0v) is 13.1. The van der Waals surface area contributed by atoms with E-state index in [1.807, 2.05) is 37.3 Å². The summed E-state index contributed by atoms with van der Waals surface area (Å²) >= 11 is 11.8. The molecular formula is C16H16Cl2FNO. The van der Waals surface area contributed by atoms with E-state index in [1.165, 1.54) is 12.1 Å². The molecule has 21 heavy (non-hydrogen) atoms. The highest BCUT2D eigenvalue weighted by Crippen LogP contribution is 2.28. The maximum Gasteiger partial charge on any atom is 0.142 e. The minimum atomic E-state index is -0.467. The Hall–Kier alpha value is -1.29. The van der Waals surface area contributed by atoms with Gasteiger partial charge in [-0.05, 0) is 36.8 Å². The van der Waals surface area contributed by atoms with Gasteiger partial charge in [0.1, 0.15) is 18.2 Å². The molecule has 1 atom stereocenters. The molecule has 2 rings (SSSR count). The van der Waals surface area contributed by atoms with Gasteiger partial charge in [-0.2, -0.15) is 0 Å². The standard InChI is InChI=1S/C16H16Cl2FNO/c1-11(13-9-16(19)15(18)10-14(13)17)20-7-8-21-12-5-3-2-4-6-12/h2-6,9-11,20H,7-8H2,1H3. The Kier molecular flexibility index (Phi) is 5.85. The molecule has 0 saturated carbocycles. The lowest BCUT2D eigenvalue weighted by molar-refractivity contribution is 0.307. The van der Waals surface area contributed by atoms with Crippen LogP contribution < -0.4 is 10.1 Å². The van der Waals surface area contributed by atoms with Gasteiger partial charge in [0, 0.05) is 17.6 Å². The lowest BCUT2D eigenvalue weighted by atomic mass is 10.1. The highest BCUT2D eigenvalue weighted by molar-refractivity contribution is 6.35. The first-order chi connectivity index (χ1) is 10.1. The number of hydrogen-bond donors (Lipinski definition) is 1. The van der Waals surface area contributed by atoms with Crippen molar-refractivity contribution in [1.82, 2.24) is 5.32 Å². The van der Waals surface area contributed by atoms with E-state index in [4.69, 9.17) is 27.9 Å². The second-order valence-electron chi connectivity index (χ2n) is 4.63. The van der Waals surface area contributed by atoms with Crippen molar-refractivity contribution in [2.45, 2.75) is 13.0 Å². The van der Waals surface area contributed by atoms with Gasteiger partial charge in [0.15, 0.2) is 0 Å². The number of benzene rings is 2. The Labute approximate surface area is 133 Å². The smallest absolute Gasteiger partial charge is 0.142 e. The van der Waals surface area contributed by atoms with Crippen LogP contribution in [0.25, 0.3) is 0 Å². The molecule has 1 N–H and O–H groups in total. The molecule has 112 valence electrons. The maximum absolute atomic E-state index is 13.5. The van der Waals surface area contributed by atoms with Crippen LogP contribution in [0.3, 0.4) is 0 Å². The zero-order chi connectivity index (χ0) is 15.2. The van der Waals surface area contributed by atoms with E-state index in [-0.39, 0.29) is 11.1 Å². The van der Waals surface area contributed by atoms with Gasteiger partial charge in [-0.3, -0.25) is 0 Å². The SMILES string of the molecule is CC(NCCOc1ccccc1)c1cc(F)c(Cl)cc1Cl. The van der Waals surface area contributed by atoms with Gasteiger partial charge in [-0.1, -0.05) is 41.4 Å². The van der Waals surface area contributed by atoms with Crippen LogP contribution in [0.15, 0.2) is 42.5 Å². The average molecular weight is 328 g/mol. The molecule has 2 aromatic rings. The third-order valence-electron chi connectivity index (χ3n) is 3.07. The summed E-state index contributed by atoms with van der Waals surface area (Å²) in [4.78, 5) is 0. The van der Waals surface area contributed by atoms with Crippen molar-refractivity contribution < 1.29 is 9.13 Å². The van der Waals surface area contributed by atoms with E-state index < -0.39 is 5.82 Å². The summed E-state index contributed by atoms with van der Waals surface area (Å²) in [7, 11) is 0. The minimum absolute atomic E-state index is 0.0309. The maximum atomic E-state index is 13.5. The fraction of sp³-hybridized carbons (Fsp3) is 0.250. The predicted molar refractivity (Wildman–Crippen MR) is 84.8 cm³/mol. The molecule has 0 heterocycles. The molecule has 0 aliphatic rings. The van der Waals surface area contributed by atoms with Crippen molar-refractivity contribution in [3.63, 3.8) is 0 Å².